The molecule has 1 atom stereocenters. The van der Waals surface area contributed by atoms with Crippen LogP contribution in [0.3, 0.4) is 0 Å². The molecule has 0 saturated heterocycles. The normalized spacial score (nSPS) is 19.1. The van der Waals surface area contributed by atoms with Gasteiger partial charge in [0.05, 0.1) is 34.5 Å². The first-order valence-electron chi connectivity index (χ1n) is 11.7. The zero-order valence-electron chi connectivity index (χ0n) is 20.9. The van der Waals surface area contributed by atoms with Gasteiger partial charge in [0, 0.05) is 29.9 Å². The van der Waals surface area contributed by atoms with Crippen LogP contribution in [0.4, 0.5) is 0 Å². The Hall–Kier alpha value is -3.23. The van der Waals surface area contributed by atoms with Crippen LogP contribution in [0.2, 0.25) is 0 Å². The van der Waals surface area contributed by atoms with Gasteiger partial charge in [0.1, 0.15) is 0 Å². The number of hydrogen-bond donors (Lipinski definition) is 2. The number of hydrogen-bond acceptors (Lipinski definition) is 6. The number of methoxy groups -OCH3 is 4. The number of ether oxygens (including phenoxy) is 4. The van der Waals surface area contributed by atoms with Crippen molar-refractivity contribution in [3.8, 4) is 23.0 Å². The molecule has 2 heterocycles. The van der Waals surface area contributed by atoms with Crippen LogP contribution >= 0.6 is 12.2 Å². The summed E-state index contributed by atoms with van der Waals surface area (Å²) in [5.74, 6) is 2.80. The predicted octanol–water partition coefficient (Wildman–Crippen LogP) is 4.30. The first kappa shape index (κ1) is 24.9. The summed E-state index contributed by atoms with van der Waals surface area (Å²) in [4.78, 5) is 2.45. The molecule has 0 saturated carbocycles. The van der Waals surface area contributed by atoms with E-state index in [1.165, 1.54) is 5.57 Å². The molecule has 0 amide bonds. The summed E-state index contributed by atoms with van der Waals surface area (Å²) < 4.78 is 22.6. The van der Waals surface area contributed by atoms with Gasteiger partial charge in [0.2, 0.25) is 0 Å². The predicted molar refractivity (Wildman–Crippen MR) is 142 cm³/mol. The fourth-order valence-electron chi connectivity index (χ4n) is 4.88. The quantitative estimate of drug-likeness (QED) is 0.526. The highest BCUT2D eigenvalue weighted by Gasteiger charge is 2.35. The van der Waals surface area contributed by atoms with E-state index in [9.17, 15) is 0 Å². The van der Waals surface area contributed by atoms with E-state index in [2.05, 4.69) is 34.6 Å². The average molecular weight is 496 g/mol. The number of para-hydroxylation sites is 2. The second-order valence-corrected chi connectivity index (χ2v) is 8.89. The molecule has 2 aromatic rings. The van der Waals surface area contributed by atoms with E-state index in [1.807, 2.05) is 30.3 Å². The van der Waals surface area contributed by atoms with Crippen LogP contribution in [-0.4, -0.2) is 58.1 Å². The molecular formula is C27H33N3O4S. The van der Waals surface area contributed by atoms with Crippen molar-refractivity contribution >= 4 is 23.4 Å². The fraction of sp³-hybridized carbons (Fsp3) is 0.370. The molecule has 0 radical (unpaired) electrons. The van der Waals surface area contributed by atoms with E-state index in [0.717, 1.165) is 48.5 Å². The molecule has 0 aromatic heterocycles. The Labute approximate surface area is 212 Å². The van der Waals surface area contributed by atoms with Gasteiger partial charge in [-0.3, -0.25) is 4.90 Å². The molecule has 1 unspecified atom stereocenters. The van der Waals surface area contributed by atoms with E-state index in [-0.39, 0.29) is 6.04 Å². The van der Waals surface area contributed by atoms with E-state index >= 15 is 0 Å². The number of nitrogens with one attached hydrogen (secondary N) is 2. The monoisotopic (exact) mass is 495 g/mol. The summed E-state index contributed by atoms with van der Waals surface area (Å²) in [7, 11) is 6.63. The first-order valence-corrected chi connectivity index (χ1v) is 12.1. The molecule has 0 bridgehead atoms. The third kappa shape index (κ3) is 4.94. The minimum Gasteiger partial charge on any atom is -0.493 e. The van der Waals surface area contributed by atoms with Crippen LogP contribution in [0, 0.1) is 0 Å². The van der Waals surface area contributed by atoms with Crippen LogP contribution in [-0.2, 0) is 0 Å². The summed E-state index contributed by atoms with van der Waals surface area (Å²) in [5.41, 5.74) is 5.33. The number of rotatable bonds is 8. The van der Waals surface area contributed by atoms with Crippen molar-refractivity contribution in [3.05, 3.63) is 64.4 Å². The SMILES string of the molecule is CCCN1CC(=Cc2cccc(OC)c2OC)C2=C(C1)C(c1cccc(OC)c1OC)NC(=S)N2. The third-order valence-electron chi connectivity index (χ3n) is 6.34. The van der Waals surface area contributed by atoms with Crippen molar-refractivity contribution in [1.29, 1.82) is 0 Å². The zero-order chi connectivity index (χ0) is 24.9. The maximum atomic E-state index is 5.78. The van der Waals surface area contributed by atoms with Crippen LogP contribution in [0.15, 0.2) is 53.2 Å². The molecule has 0 spiro atoms. The molecule has 7 nitrogen and oxygen atoms in total. The Balaban J connectivity index is 1.88. The summed E-state index contributed by atoms with van der Waals surface area (Å²) in [6.07, 6.45) is 3.23. The maximum Gasteiger partial charge on any atom is 0.171 e. The van der Waals surface area contributed by atoms with Crippen molar-refractivity contribution in [2.24, 2.45) is 0 Å². The van der Waals surface area contributed by atoms with E-state index in [0.29, 0.717) is 28.1 Å². The second-order valence-electron chi connectivity index (χ2n) is 8.48. The van der Waals surface area contributed by atoms with Crippen molar-refractivity contribution in [2.45, 2.75) is 19.4 Å². The minimum atomic E-state index is -0.154. The van der Waals surface area contributed by atoms with E-state index in [1.54, 1.807) is 28.4 Å². The Kier molecular flexibility index (Phi) is 7.83. The highest BCUT2D eigenvalue weighted by Crippen LogP contribution is 2.42. The number of benzene rings is 2. The molecule has 4 rings (SSSR count). The topological polar surface area (TPSA) is 64.2 Å². The van der Waals surface area contributed by atoms with Gasteiger partial charge in [0.25, 0.3) is 0 Å². The number of nitrogens with zero attached hydrogens (tertiary/aromatic N) is 1. The Bertz CT molecular complexity index is 1160. The van der Waals surface area contributed by atoms with Crippen molar-refractivity contribution in [1.82, 2.24) is 15.5 Å². The van der Waals surface area contributed by atoms with Gasteiger partial charge < -0.3 is 29.6 Å². The smallest absolute Gasteiger partial charge is 0.171 e. The van der Waals surface area contributed by atoms with E-state index < -0.39 is 0 Å². The third-order valence-corrected chi connectivity index (χ3v) is 6.56. The Morgan fingerprint density at radius 1 is 0.943 bits per heavy atom. The molecule has 35 heavy (non-hydrogen) atoms. The van der Waals surface area contributed by atoms with E-state index in [4.69, 9.17) is 31.2 Å². The molecular weight excluding hydrogens is 462 g/mol. The van der Waals surface area contributed by atoms with Crippen molar-refractivity contribution < 1.29 is 18.9 Å². The summed E-state index contributed by atoms with van der Waals surface area (Å²) in [6, 6.07) is 11.7. The summed E-state index contributed by atoms with van der Waals surface area (Å²) >= 11 is 5.66. The van der Waals surface area contributed by atoms with Crippen LogP contribution in [0.5, 0.6) is 23.0 Å². The molecule has 0 fully saturated rings. The lowest BCUT2D eigenvalue weighted by Crippen LogP contribution is -2.50. The lowest BCUT2D eigenvalue weighted by Gasteiger charge is -2.40. The van der Waals surface area contributed by atoms with Gasteiger partial charge in [-0.1, -0.05) is 31.2 Å². The van der Waals surface area contributed by atoms with Crippen LogP contribution < -0.4 is 29.6 Å². The first-order chi connectivity index (χ1) is 17.0. The molecule has 2 aliphatic rings. The van der Waals surface area contributed by atoms with Gasteiger partial charge in [-0.15, -0.1) is 0 Å². The van der Waals surface area contributed by atoms with Crippen LogP contribution in [0.1, 0.15) is 30.5 Å². The van der Waals surface area contributed by atoms with Gasteiger partial charge in [-0.05, 0) is 54.5 Å². The highest BCUT2D eigenvalue weighted by atomic mass is 32.1. The molecule has 2 aromatic carbocycles. The molecule has 186 valence electrons. The average Bonchev–Trinajstić information content (AvgIpc) is 2.88. The fourth-order valence-corrected chi connectivity index (χ4v) is 5.10. The zero-order valence-corrected chi connectivity index (χ0v) is 21.8. The Morgan fingerprint density at radius 2 is 1.63 bits per heavy atom. The summed E-state index contributed by atoms with van der Waals surface area (Å²) in [6.45, 7) is 4.79. The molecule has 0 aliphatic carbocycles. The lowest BCUT2D eigenvalue weighted by molar-refractivity contribution is 0.299. The largest absolute Gasteiger partial charge is 0.493 e. The van der Waals surface area contributed by atoms with Gasteiger partial charge >= 0.3 is 0 Å². The standard InChI is InChI=1S/C27H33N3O4S/c1-6-13-30-15-18(14-17-9-7-11-21(31-2)25(17)33-4)23-20(16-30)24(29-27(35)28-23)19-10-8-12-22(32-3)26(19)34-5/h7-12,14,24H,6,13,15-16H2,1-5H3,(H2,28,29,35). The van der Waals surface area contributed by atoms with Crippen LogP contribution in [0.25, 0.3) is 6.08 Å². The van der Waals surface area contributed by atoms with Crippen molar-refractivity contribution in [3.63, 3.8) is 0 Å². The minimum absolute atomic E-state index is 0.154. The number of thiocarbonyl (C=S) groups is 1. The molecule has 2 aliphatic heterocycles. The summed E-state index contributed by atoms with van der Waals surface area (Å²) in [5, 5.41) is 7.49. The molecule has 2 N–H and O–H groups in total. The maximum absolute atomic E-state index is 5.78. The Morgan fingerprint density at radius 3 is 2.29 bits per heavy atom. The lowest BCUT2D eigenvalue weighted by atomic mass is 9.88. The van der Waals surface area contributed by atoms with Gasteiger partial charge in [-0.25, -0.2) is 0 Å². The van der Waals surface area contributed by atoms with Gasteiger partial charge in [0.15, 0.2) is 28.1 Å². The molecule has 8 heteroatoms. The van der Waals surface area contributed by atoms with Gasteiger partial charge in [-0.2, -0.15) is 0 Å². The second kappa shape index (κ2) is 11.0. The van der Waals surface area contributed by atoms with Crippen molar-refractivity contribution in [2.75, 3.05) is 48.1 Å². The highest BCUT2D eigenvalue weighted by molar-refractivity contribution is 7.80.